The maximum atomic E-state index is 12.1. The van der Waals surface area contributed by atoms with Gasteiger partial charge in [0.1, 0.15) is 6.04 Å². The van der Waals surface area contributed by atoms with E-state index in [9.17, 15) is 4.79 Å². The average molecular weight is 339 g/mol. The second-order valence-electron chi connectivity index (χ2n) is 6.23. The summed E-state index contributed by atoms with van der Waals surface area (Å²) in [4.78, 5) is 13.4. The van der Waals surface area contributed by atoms with Crippen LogP contribution in [0.15, 0.2) is 54.6 Å². The number of quaternary nitrogens is 1. The molecular weight excluding hydrogens is 316 g/mol. The fourth-order valence-corrected chi connectivity index (χ4v) is 2.79. The smallest absolute Gasteiger partial charge is 0.244 e. The van der Waals surface area contributed by atoms with Crippen LogP contribution in [-0.2, 0) is 4.79 Å². The second-order valence-corrected chi connectivity index (χ2v) is 6.23. The van der Waals surface area contributed by atoms with Crippen LogP contribution in [0.3, 0.4) is 0 Å². The van der Waals surface area contributed by atoms with Crippen molar-refractivity contribution in [1.29, 1.82) is 0 Å². The normalized spacial score (nSPS) is 14.0. The Bertz CT molecular complexity index is 757. The summed E-state index contributed by atoms with van der Waals surface area (Å²) in [6.07, 6.45) is 3.32. The highest BCUT2D eigenvalue weighted by Crippen LogP contribution is 2.32. The molecule has 5 heteroatoms. The first-order chi connectivity index (χ1) is 12.1. The first-order valence-corrected chi connectivity index (χ1v) is 8.34. The van der Waals surface area contributed by atoms with E-state index in [1.54, 1.807) is 12.2 Å². The van der Waals surface area contributed by atoms with Crippen molar-refractivity contribution in [1.82, 2.24) is 5.32 Å². The number of ether oxygens (including phenoxy) is 2. The second kappa shape index (κ2) is 7.85. The van der Waals surface area contributed by atoms with Crippen LogP contribution in [0.5, 0.6) is 11.5 Å². The molecule has 1 aliphatic heterocycles. The number of fused-ring (bicyclic) bond motifs is 1. The number of benzene rings is 2. The lowest BCUT2D eigenvalue weighted by Gasteiger charge is -2.21. The summed E-state index contributed by atoms with van der Waals surface area (Å²) in [5.41, 5.74) is 2.11. The van der Waals surface area contributed by atoms with Gasteiger partial charge in [0.25, 0.3) is 0 Å². The molecule has 0 saturated heterocycles. The zero-order valence-electron chi connectivity index (χ0n) is 14.5. The maximum Gasteiger partial charge on any atom is 0.244 e. The highest BCUT2D eigenvalue weighted by atomic mass is 16.7. The van der Waals surface area contributed by atoms with E-state index in [2.05, 4.69) is 31.5 Å². The van der Waals surface area contributed by atoms with Crippen LogP contribution in [0.2, 0.25) is 0 Å². The highest BCUT2D eigenvalue weighted by Gasteiger charge is 2.17. The van der Waals surface area contributed by atoms with Crippen LogP contribution in [-0.4, -0.2) is 33.3 Å². The molecule has 2 N–H and O–H groups in total. The van der Waals surface area contributed by atoms with Crippen LogP contribution in [0.4, 0.5) is 0 Å². The molecule has 0 fully saturated rings. The molecule has 1 amide bonds. The fraction of sp³-hybridized carbons (Fsp3) is 0.250. The Labute approximate surface area is 147 Å². The lowest BCUT2D eigenvalue weighted by atomic mass is 10.1. The summed E-state index contributed by atoms with van der Waals surface area (Å²) in [5.74, 6) is 1.34. The average Bonchev–Trinajstić information content (AvgIpc) is 3.08. The molecule has 0 bridgehead atoms. The number of hydrogen-bond donors (Lipinski definition) is 2. The quantitative estimate of drug-likeness (QED) is 0.783. The Morgan fingerprint density at radius 3 is 2.68 bits per heavy atom. The van der Waals surface area contributed by atoms with Crippen molar-refractivity contribution in [2.24, 2.45) is 0 Å². The van der Waals surface area contributed by atoms with E-state index >= 15 is 0 Å². The molecule has 25 heavy (non-hydrogen) atoms. The number of rotatable bonds is 6. The third-order valence-corrected chi connectivity index (χ3v) is 4.20. The Hall–Kier alpha value is -2.79. The fourth-order valence-electron chi connectivity index (χ4n) is 2.79. The van der Waals surface area contributed by atoms with Gasteiger partial charge >= 0.3 is 0 Å². The summed E-state index contributed by atoms with van der Waals surface area (Å²) in [5, 5.41) is 2.98. The summed E-state index contributed by atoms with van der Waals surface area (Å²) in [6.45, 7) is 0.827. The summed E-state index contributed by atoms with van der Waals surface area (Å²) >= 11 is 0. The van der Waals surface area contributed by atoms with E-state index < -0.39 is 0 Å². The van der Waals surface area contributed by atoms with Crippen LogP contribution < -0.4 is 19.7 Å². The van der Waals surface area contributed by atoms with Crippen molar-refractivity contribution in [3.63, 3.8) is 0 Å². The minimum Gasteiger partial charge on any atom is -0.454 e. The number of carbonyl (C=O) groups is 1. The molecule has 3 rings (SSSR count). The van der Waals surface area contributed by atoms with Gasteiger partial charge in [0.15, 0.2) is 11.5 Å². The zero-order chi connectivity index (χ0) is 17.6. The van der Waals surface area contributed by atoms with Crippen LogP contribution in [0.25, 0.3) is 6.08 Å². The van der Waals surface area contributed by atoms with Crippen molar-refractivity contribution in [3.05, 3.63) is 65.7 Å². The minimum atomic E-state index is -0.111. The third kappa shape index (κ3) is 4.39. The molecule has 0 radical (unpaired) electrons. The van der Waals surface area contributed by atoms with Gasteiger partial charge in [-0.1, -0.05) is 36.4 Å². The minimum absolute atomic E-state index is 0.111. The Balaban J connectivity index is 1.58. The summed E-state index contributed by atoms with van der Waals surface area (Å²) in [6, 6.07) is 16.0. The molecule has 0 aromatic heterocycles. The van der Waals surface area contributed by atoms with E-state index in [1.165, 1.54) is 10.5 Å². The molecule has 2 aromatic carbocycles. The van der Waals surface area contributed by atoms with E-state index in [-0.39, 0.29) is 18.7 Å². The Kier molecular flexibility index (Phi) is 5.36. The molecule has 5 nitrogen and oxygen atoms in total. The van der Waals surface area contributed by atoms with Crippen molar-refractivity contribution in [3.8, 4) is 11.5 Å². The molecule has 0 spiro atoms. The lowest BCUT2D eigenvalue weighted by molar-refractivity contribution is -0.890. The number of amides is 1. The lowest BCUT2D eigenvalue weighted by Crippen LogP contribution is -3.07. The van der Waals surface area contributed by atoms with Gasteiger partial charge < -0.3 is 19.7 Å². The number of nitrogens with one attached hydrogen (secondary N) is 2. The molecule has 0 aliphatic carbocycles. The molecule has 1 atom stereocenters. The highest BCUT2D eigenvalue weighted by molar-refractivity contribution is 5.91. The third-order valence-electron chi connectivity index (χ3n) is 4.20. The van der Waals surface area contributed by atoms with E-state index in [4.69, 9.17) is 9.47 Å². The Morgan fingerprint density at radius 1 is 1.16 bits per heavy atom. The first kappa shape index (κ1) is 17.0. The van der Waals surface area contributed by atoms with Crippen LogP contribution in [0.1, 0.15) is 17.2 Å². The summed E-state index contributed by atoms with van der Waals surface area (Å²) < 4.78 is 10.6. The molecule has 1 heterocycles. The van der Waals surface area contributed by atoms with Gasteiger partial charge in [-0.25, -0.2) is 0 Å². The van der Waals surface area contributed by atoms with Gasteiger partial charge in [-0.15, -0.1) is 0 Å². The van der Waals surface area contributed by atoms with E-state index in [1.807, 2.05) is 36.4 Å². The van der Waals surface area contributed by atoms with Crippen LogP contribution in [0, 0.1) is 0 Å². The maximum absolute atomic E-state index is 12.1. The SMILES string of the molecule is C[NH+](C)[C@@H](CNC(=O)/C=C/c1ccc2c(c1)OCO2)c1ccccc1. The van der Waals surface area contributed by atoms with Gasteiger partial charge in [0.05, 0.1) is 20.6 Å². The monoisotopic (exact) mass is 339 g/mol. The number of hydrogen-bond acceptors (Lipinski definition) is 3. The van der Waals surface area contributed by atoms with Gasteiger partial charge in [0, 0.05) is 11.6 Å². The predicted molar refractivity (Wildman–Crippen MR) is 96.6 cm³/mol. The number of likely N-dealkylation sites (N-methyl/N-ethyl adjacent to an activating group) is 1. The first-order valence-electron chi connectivity index (χ1n) is 8.34. The van der Waals surface area contributed by atoms with Gasteiger partial charge in [0.2, 0.25) is 12.7 Å². The van der Waals surface area contributed by atoms with Crippen molar-refractivity contribution >= 4 is 12.0 Å². The zero-order valence-corrected chi connectivity index (χ0v) is 14.5. The van der Waals surface area contributed by atoms with Gasteiger partial charge in [-0.2, -0.15) is 0 Å². The molecular formula is C20H23N2O3+. The van der Waals surface area contributed by atoms with Crippen LogP contribution >= 0.6 is 0 Å². The molecule has 1 aliphatic rings. The van der Waals surface area contributed by atoms with Crippen molar-refractivity contribution < 1.29 is 19.2 Å². The molecule has 130 valence electrons. The van der Waals surface area contributed by atoms with Gasteiger partial charge in [-0.05, 0) is 23.8 Å². The molecule has 0 saturated carbocycles. The number of carbonyl (C=O) groups excluding carboxylic acids is 1. The van der Waals surface area contributed by atoms with E-state index in [0.717, 1.165) is 11.3 Å². The topological polar surface area (TPSA) is 52.0 Å². The molecule has 2 aromatic rings. The van der Waals surface area contributed by atoms with E-state index in [0.29, 0.717) is 12.3 Å². The predicted octanol–water partition coefficient (Wildman–Crippen LogP) is 1.43. The standard InChI is InChI=1S/C20H22N2O3/c1-22(2)17(16-6-4-3-5-7-16)13-21-20(23)11-9-15-8-10-18-19(12-15)25-14-24-18/h3-12,17H,13-14H2,1-2H3,(H,21,23)/p+1/b11-9+/t17-/m0/s1. The largest absolute Gasteiger partial charge is 0.454 e. The Morgan fingerprint density at radius 2 is 1.92 bits per heavy atom. The van der Waals surface area contributed by atoms with Crippen molar-refractivity contribution in [2.45, 2.75) is 6.04 Å². The summed E-state index contributed by atoms with van der Waals surface area (Å²) in [7, 11) is 4.18. The van der Waals surface area contributed by atoms with Crippen molar-refractivity contribution in [2.75, 3.05) is 27.4 Å². The van der Waals surface area contributed by atoms with Gasteiger partial charge in [-0.3, -0.25) is 4.79 Å². The molecule has 0 unspecified atom stereocenters.